The molecule has 1 saturated heterocycles. The maximum absolute atomic E-state index is 11.4. The lowest BCUT2D eigenvalue weighted by Crippen LogP contribution is -2.38. The summed E-state index contributed by atoms with van der Waals surface area (Å²) in [7, 11) is 0. The zero-order valence-electron chi connectivity index (χ0n) is 11.9. The minimum atomic E-state index is -0.433. The molecule has 1 N–H and O–H groups in total. The molecule has 1 aliphatic heterocycles. The second-order valence-corrected chi connectivity index (χ2v) is 5.62. The van der Waals surface area contributed by atoms with Crippen molar-refractivity contribution in [2.75, 3.05) is 19.7 Å². The average molecular weight is 322 g/mol. The van der Waals surface area contributed by atoms with Crippen LogP contribution in [0.2, 0.25) is 5.02 Å². The highest BCUT2D eigenvalue weighted by Gasteiger charge is 2.24. The molecule has 1 unspecified atom stereocenters. The van der Waals surface area contributed by atoms with Crippen LogP contribution in [0.15, 0.2) is 45.8 Å². The van der Waals surface area contributed by atoms with Crippen LogP contribution < -0.4 is 5.43 Å². The van der Waals surface area contributed by atoms with Gasteiger partial charge >= 0.3 is 0 Å². The second-order valence-electron chi connectivity index (χ2n) is 5.21. The van der Waals surface area contributed by atoms with Gasteiger partial charge in [-0.1, -0.05) is 29.8 Å². The summed E-state index contributed by atoms with van der Waals surface area (Å²) in [6, 6.07) is 8.94. The Bertz CT molecular complexity index is 715. The summed E-state index contributed by atoms with van der Waals surface area (Å²) in [6.07, 6.45) is 0.968. The van der Waals surface area contributed by atoms with Crippen LogP contribution in [0.5, 0.6) is 5.75 Å². The fourth-order valence-electron chi connectivity index (χ4n) is 2.52. The summed E-state index contributed by atoms with van der Waals surface area (Å²) >= 11 is 6.22. The predicted octanol–water partition coefficient (Wildman–Crippen LogP) is 2.57. The molecule has 0 spiro atoms. The van der Waals surface area contributed by atoms with E-state index in [1.54, 1.807) is 0 Å². The number of aromatic hydroxyl groups is 1. The third-order valence-electron chi connectivity index (χ3n) is 3.65. The van der Waals surface area contributed by atoms with E-state index in [-0.39, 0.29) is 11.9 Å². The van der Waals surface area contributed by atoms with Crippen LogP contribution in [0, 0.1) is 0 Å². The normalized spacial score (nSPS) is 19.2. The third-order valence-corrected chi connectivity index (χ3v) is 3.99. The van der Waals surface area contributed by atoms with Gasteiger partial charge in [0, 0.05) is 29.7 Å². The van der Waals surface area contributed by atoms with Gasteiger partial charge < -0.3 is 14.3 Å². The Labute approximate surface area is 132 Å². The molecular formula is C16H16ClNO4. The molecule has 116 valence electrons. The quantitative estimate of drug-likeness (QED) is 0.941. The summed E-state index contributed by atoms with van der Waals surface area (Å²) < 4.78 is 11.0. The van der Waals surface area contributed by atoms with Crippen molar-refractivity contribution < 1.29 is 14.3 Å². The molecule has 0 amide bonds. The van der Waals surface area contributed by atoms with Gasteiger partial charge in [0.25, 0.3) is 0 Å². The highest BCUT2D eigenvalue weighted by molar-refractivity contribution is 6.31. The summed E-state index contributed by atoms with van der Waals surface area (Å²) in [5.41, 5.74) is 0.526. The topological polar surface area (TPSA) is 62.9 Å². The lowest BCUT2D eigenvalue weighted by molar-refractivity contribution is -0.0348. The van der Waals surface area contributed by atoms with E-state index in [2.05, 4.69) is 4.90 Å². The highest BCUT2D eigenvalue weighted by Crippen LogP contribution is 2.28. The molecule has 5 nitrogen and oxygen atoms in total. The Morgan fingerprint density at radius 1 is 1.36 bits per heavy atom. The zero-order valence-corrected chi connectivity index (χ0v) is 12.6. The van der Waals surface area contributed by atoms with Crippen molar-refractivity contribution >= 4 is 11.6 Å². The van der Waals surface area contributed by atoms with Crippen molar-refractivity contribution in [3.63, 3.8) is 0 Å². The molecule has 0 bridgehead atoms. The SMILES string of the molecule is O=c1cc(CN2CCOC(c3ccccc3Cl)C2)occ1O. The second kappa shape index (κ2) is 6.52. The van der Waals surface area contributed by atoms with Gasteiger partial charge in [-0.25, -0.2) is 0 Å². The van der Waals surface area contributed by atoms with Gasteiger partial charge in [-0.2, -0.15) is 0 Å². The zero-order chi connectivity index (χ0) is 15.5. The molecular weight excluding hydrogens is 306 g/mol. The number of rotatable bonds is 3. The number of morpholine rings is 1. The van der Waals surface area contributed by atoms with E-state index in [0.29, 0.717) is 30.5 Å². The van der Waals surface area contributed by atoms with Gasteiger partial charge in [0.2, 0.25) is 5.43 Å². The van der Waals surface area contributed by atoms with E-state index in [1.807, 2.05) is 24.3 Å². The van der Waals surface area contributed by atoms with Crippen molar-refractivity contribution in [2.45, 2.75) is 12.6 Å². The Hall–Kier alpha value is -1.82. The Morgan fingerprint density at radius 2 is 2.18 bits per heavy atom. The van der Waals surface area contributed by atoms with Crippen molar-refractivity contribution in [2.24, 2.45) is 0 Å². The van der Waals surface area contributed by atoms with Crippen molar-refractivity contribution in [1.82, 2.24) is 4.90 Å². The van der Waals surface area contributed by atoms with Crippen LogP contribution in [-0.2, 0) is 11.3 Å². The molecule has 2 aromatic rings. The largest absolute Gasteiger partial charge is 0.502 e. The van der Waals surface area contributed by atoms with Crippen LogP contribution in [0.25, 0.3) is 0 Å². The van der Waals surface area contributed by atoms with Crippen LogP contribution in [0.1, 0.15) is 17.4 Å². The number of hydrogen-bond acceptors (Lipinski definition) is 5. The third kappa shape index (κ3) is 3.32. The standard InChI is InChI=1S/C16H16ClNO4/c17-13-4-2-1-3-12(13)16-9-18(5-6-21-16)8-11-7-14(19)15(20)10-22-11/h1-4,7,10,16,20H,5-6,8-9H2. The molecule has 1 aliphatic rings. The van der Waals surface area contributed by atoms with E-state index in [4.69, 9.17) is 20.8 Å². The number of halogens is 1. The molecule has 1 aromatic carbocycles. The van der Waals surface area contributed by atoms with Crippen LogP contribution in [0.3, 0.4) is 0 Å². The minimum absolute atomic E-state index is 0.105. The number of ether oxygens (including phenoxy) is 1. The highest BCUT2D eigenvalue weighted by atomic mass is 35.5. The van der Waals surface area contributed by atoms with Gasteiger partial charge in [0.1, 0.15) is 12.0 Å². The van der Waals surface area contributed by atoms with Crippen molar-refractivity contribution in [1.29, 1.82) is 0 Å². The molecule has 2 heterocycles. The monoisotopic (exact) mass is 321 g/mol. The van der Waals surface area contributed by atoms with Gasteiger partial charge in [-0.3, -0.25) is 9.69 Å². The minimum Gasteiger partial charge on any atom is -0.502 e. The number of nitrogens with zero attached hydrogens (tertiary/aromatic N) is 1. The van der Waals surface area contributed by atoms with E-state index in [1.165, 1.54) is 6.07 Å². The fraction of sp³-hybridized carbons (Fsp3) is 0.312. The lowest BCUT2D eigenvalue weighted by atomic mass is 10.1. The van der Waals surface area contributed by atoms with E-state index in [0.717, 1.165) is 18.4 Å². The summed E-state index contributed by atoms with van der Waals surface area (Å²) in [5, 5.41) is 9.90. The van der Waals surface area contributed by atoms with Crippen LogP contribution in [0.4, 0.5) is 0 Å². The van der Waals surface area contributed by atoms with Crippen LogP contribution >= 0.6 is 11.6 Å². The summed E-state index contributed by atoms with van der Waals surface area (Å²) in [6.45, 7) is 2.47. The van der Waals surface area contributed by atoms with Gasteiger partial charge in [-0.15, -0.1) is 0 Å². The van der Waals surface area contributed by atoms with Crippen LogP contribution in [-0.4, -0.2) is 29.7 Å². The maximum atomic E-state index is 11.4. The molecule has 22 heavy (non-hydrogen) atoms. The number of hydrogen-bond donors (Lipinski definition) is 1. The molecule has 0 aliphatic carbocycles. The summed E-state index contributed by atoms with van der Waals surface area (Å²) in [4.78, 5) is 13.6. The lowest BCUT2D eigenvalue weighted by Gasteiger charge is -2.33. The van der Waals surface area contributed by atoms with Gasteiger partial charge in [0.15, 0.2) is 5.75 Å². The van der Waals surface area contributed by atoms with Crippen molar-refractivity contribution in [3.8, 4) is 5.75 Å². The smallest absolute Gasteiger partial charge is 0.226 e. The first-order chi connectivity index (χ1) is 10.6. The molecule has 1 aromatic heterocycles. The summed E-state index contributed by atoms with van der Waals surface area (Å²) in [5.74, 6) is 0.141. The molecule has 3 rings (SSSR count). The first-order valence-electron chi connectivity index (χ1n) is 7.02. The van der Waals surface area contributed by atoms with E-state index in [9.17, 15) is 9.90 Å². The average Bonchev–Trinajstić information content (AvgIpc) is 2.52. The fourth-order valence-corrected chi connectivity index (χ4v) is 2.77. The Kier molecular flexibility index (Phi) is 4.47. The Balaban J connectivity index is 1.72. The van der Waals surface area contributed by atoms with Gasteiger partial charge in [0.05, 0.1) is 19.3 Å². The first-order valence-corrected chi connectivity index (χ1v) is 7.40. The van der Waals surface area contributed by atoms with E-state index >= 15 is 0 Å². The molecule has 1 fully saturated rings. The molecule has 1 atom stereocenters. The molecule has 0 radical (unpaired) electrons. The Morgan fingerprint density at radius 3 is 2.95 bits per heavy atom. The van der Waals surface area contributed by atoms with E-state index < -0.39 is 5.43 Å². The molecule has 0 saturated carbocycles. The number of benzene rings is 1. The molecule has 6 heteroatoms. The maximum Gasteiger partial charge on any atom is 0.226 e. The van der Waals surface area contributed by atoms with Gasteiger partial charge in [-0.05, 0) is 6.07 Å². The van der Waals surface area contributed by atoms with Crippen molar-refractivity contribution in [3.05, 3.63) is 63.2 Å². The predicted molar refractivity (Wildman–Crippen MR) is 82.1 cm³/mol. The first kappa shape index (κ1) is 15.1.